The van der Waals surface area contributed by atoms with Crippen LogP contribution in [-0.4, -0.2) is 39.3 Å². The van der Waals surface area contributed by atoms with Gasteiger partial charge in [0.1, 0.15) is 17.5 Å². The summed E-state index contributed by atoms with van der Waals surface area (Å²) in [6.07, 6.45) is 4.96. The number of benzene rings is 2. The van der Waals surface area contributed by atoms with Crippen molar-refractivity contribution < 1.29 is 23.8 Å². The fraction of sp³-hybridized carbons (Fsp3) is 0.200. The van der Waals surface area contributed by atoms with Crippen molar-refractivity contribution in [3.63, 3.8) is 0 Å². The Hall–Kier alpha value is -3.98. The predicted octanol–water partition coefficient (Wildman–Crippen LogP) is 3.49. The molecule has 0 spiro atoms. The summed E-state index contributed by atoms with van der Waals surface area (Å²) in [6.45, 7) is 1.99. The molecule has 0 radical (unpaired) electrons. The normalized spacial score (nSPS) is 14.8. The van der Waals surface area contributed by atoms with E-state index in [9.17, 15) is 9.59 Å². The lowest BCUT2D eigenvalue weighted by molar-refractivity contribution is -0.138. The number of anilines is 1. The van der Waals surface area contributed by atoms with E-state index in [1.165, 1.54) is 14.2 Å². The summed E-state index contributed by atoms with van der Waals surface area (Å²) in [6, 6.07) is 12.7. The van der Waals surface area contributed by atoms with Crippen LogP contribution < -0.4 is 9.64 Å². The SMILES string of the molecule is COC(=O)/C=C(\C(=O)OC)N1c2ccc(C)cc2C=CC1C#Cc1ccc(OC)cc1. The van der Waals surface area contributed by atoms with E-state index < -0.39 is 18.0 Å². The van der Waals surface area contributed by atoms with Gasteiger partial charge in [-0.25, -0.2) is 9.59 Å². The van der Waals surface area contributed by atoms with Gasteiger partial charge in [0.25, 0.3) is 0 Å². The van der Waals surface area contributed by atoms with Crippen molar-refractivity contribution in [2.24, 2.45) is 0 Å². The first-order valence-electron chi connectivity index (χ1n) is 9.58. The molecule has 0 saturated heterocycles. The highest BCUT2D eigenvalue weighted by Gasteiger charge is 2.30. The monoisotopic (exact) mass is 417 g/mol. The number of rotatable bonds is 4. The fourth-order valence-electron chi connectivity index (χ4n) is 3.18. The molecule has 1 heterocycles. The number of aryl methyl sites for hydroxylation is 1. The van der Waals surface area contributed by atoms with E-state index in [0.717, 1.165) is 34.2 Å². The average Bonchev–Trinajstić information content (AvgIpc) is 2.80. The fourth-order valence-corrected chi connectivity index (χ4v) is 3.18. The Kier molecular flexibility index (Phi) is 6.78. The molecule has 1 aliphatic heterocycles. The minimum atomic E-state index is -0.663. The number of hydrogen-bond donors (Lipinski definition) is 0. The van der Waals surface area contributed by atoms with Gasteiger partial charge in [0.05, 0.1) is 33.1 Å². The van der Waals surface area contributed by atoms with Gasteiger partial charge >= 0.3 is 11.9 Å². The van der Waals surface area contributed by atoms with E-state index in [0.29, 0.717) is 0 Å². The molecule has 1 unspecified atom stereocenters. The van der Waals surface area contributed by atoms with Crippen LogP contribution in [0, 0.1) is 18.8 Å². The molecule has 0 saturated carbocycles. The highest BCUT2D eigenvalue weighted by molar-refractivity contribution is 6.01. The third-order valence-corrected chi connectivity index (χ3v) is 4.74. The average molecular weight is 417 g/mol. The Morgan fingerprint density at radius 3 is 2.42 bits per heavy atom. The molecule has 0 amide bonds. The number of fused-ring (bicyclic) bond motifs is 1. The van der Waals surface area contributed by atoms with E-state index in [1.54, 1.807) is 12.0 Å². The number of nitrogens with zero attached hydrogens (tertiary/aromatic N) is 1. The Labute approximate surface area is 181 Å². The zero-order valence-corrected chi connectivity index (χ0v) is 17.8. The molecule has 6 nitrogen and oxygen atoms in total. The standard InChI is InChI=1S/C25H23NO5/c1-17-5-14-22-19(15-17)9-11-20(10-6-18-7-12-21(29-2)13-8-18)26(22)23(25(28)31-4)16-24(27)30-3/h5,7-9,11-16,20H,1-4H3/b23-16+. The first-order chi connectivity index (χ1) is 15.0. The highest BCUT2D eigenvalue weighted by Crippen LogP contribution is 2.33. The lowest BCUT2D eigenvalue weighted by atomic mass is 9.99. The zero-order chi connectivity index (χ0) is 22.4. The molecule has 0 fully saturated rings. The van der Waals surface area contributed by atoms with Crippen molar-refractivity contribution in [3.05, 3.63) is 77.0 Å². The third kappa shape index (κ3) is 4.96. The molecule has 0 aromatic heterocycles. The van der Waals surface area contributed by atoms with Crippen molar-refractivity contribution in [3.8, 4) is 17.6 Å². The lowest BCUT2D eigenvalue weighted by Crippen LogP contribution is -2.38. The molecular formula is C25H23NO5. The van der Waals surface area contributed by atoms with Gasteiger partial charge in [0, 0.05) is 5.56 Å². The topological polar surface area (TPSA) is 65.1 Å². The van der Waals surface area contributed by atoms with Gasteiger partial charge in [0.15, 0.2) is 0 Å². The number of esters is 2. The van der Waals surface area contributed by atoms with Crippen LogP contribution in [0.4, 0.5) is 5.69 Å². The van der Waals surface area contributed by atoms with Crippen LogP contribution in [0.3, 0.4) is 0 Å². The summed E-state index contributed by atoms with van der Waals surface area (Å²) < 4.78 is 14.9. The summed E-state index contributed by atoms with van der Waals surface area (Å²) in [5.41, 5.74) is 3.55. The number of hydrogen-bond acceptors (Lipinski definition) is 6. The Morgan fingerprint density at radius 2 is 1.77 bits per heavy atom. The molecule has 1 aliphatic rings. The number of carbonyl (C=O) groups is 2. The summed E-state index contributed by atoms with van der Waals surface area (Å²) in [4.78, 5) is 26.3. The van der Waals surface area contributed by atoms with E-state index in [2.05, 4.69) is 11.8 Å². The van der Waals surface area contributed by atoms with Crippen LogP contribution in [-0.2, 0) is 19.1 Å². The molecule has 158 valence electrons. The second-order valence-corrected chi connectivity index (χ2v) is 6.78. The number of carbonyl (C=O) groups excluding carboxylic acids is 2. The van der Waals surface area contributed by atoms with Gasteiger partial charge < -0.3 is 19.1 Å². The second kappa shape index (κ2) is 9.68. The van der Waals surface area contributed by atoms with Gasteiger partial charge in [-0.05, 0) is 55.0 Å². The van der Waals surface area contributed by atoms with Gasteiger partial charge in [-0.1, -0.05) is 29.5 Å². The third-order valence-electron chi connectivity index (χ3n) is 4.74. The first kappa shape index (κ1) is 21.7. The number of methoxy groups -OCH3 is 3. The summed E-state index contributed by atoms with van der Waals surface area (Å²) >= 11 is 0. The predicted molar refractivity (Wildman–Crippen MR) is 118 cm³/mol. The van der Waals surface area contributed by atoms with E-state index in [-0.39, 0.29) is 5.70 Å². The molecular weight excluding hydrogens is 394 g/mol. The Balaban J connectivity index is 2.10. The van der Waals surface area contributed by atoms with Crippen LogP contribution in [0.2, 0.25) is 0 Å². The maximum absolute atomic E-state index is 12.6. The smallest absolute Gasteiger partial charge is 0.355 e. The minimum absolute atomic E-state index is 0.0397. The highest BCUT2D eigenvalue weighted by atomic mass is 16.5. The summed E-state index contributed by atoms with van der Waals surface area (Å²) in [7, 11) is 4.12. The molecule has 0 aliphatic carbocycles. The second-order valence-electron chi connectivity index (χ2n) is 6.78. The summed E-state index contributed by atoms with van der Waals surface area (Å²) in [5, 5.41) is 0. The molecule has 1 atom stereocenters. The van der Waals surface area contributed by atoms with Crippen LogP contribution in [0.5, 0.6) is 5.75 Å². The summed E-state index contributed by atoms with van der Waals surface area (Å²) in [5.74, 6) is 5.72. The van der Waals surface area contributed by atoms with Crippen molar-refractivity contribution in [2.45, 2.75) is 13.0 Å². The number of ether oxygens (including phenoxy) is 3. The van der Waals surface area contributed by atoms with Gasteiger partial charge in [-0.2, -0.15) is 0 Å². The molecule has 3 rings (SSSR count). The van der Waals surface area contributed by atoms with Gasteiger partial charge in [0.2, 0.25) is 0 Å². The van der Waals surface area contributed by atoms with E-state index in [1.807, 2.05) is 61.5 Å². The Morgan fingerprint density at radius 1 is 1.03 bits per heavy atom. The van der Waals surface area contributed by atoms with Crippen molar-refractivity contribution in [2.75, 3.05) is 26.2 Å². The zero-order valence-electron chi connectivity index (χ0n) is 17.8. The van der Waals surface area contributed by atoms with Crippen LogP contribution in [0.1, 0.15) is 16.7 Å². The van der Waals surface area contributed by atoms with Gasteiger partial charge in [-0.3, -0.25) is 0 Å². The molecule has 2 aromatic rings. The molecule has 6 heteroatoms. The lowest BCUT2D eigenvalue weighted by Gasteiger charge is -2.33. The van der Waals surface area contributed by atoms with Crippen LogP contribution >= 0.6 is 0 Å². The largest absolute Gasteiger partial charge is 0.497 e. The first-order valence-corrected chi connectivity index (χ1v) is 9.58. The van der Waals surface area contributed by atoms with E-state index >= 15 is 0 Å². The molecule has 0 bridgehead atoms. The van der Waals surface area contributed by atoms with Crippen LogP contribution in [0.25, 0.3) is 6.08 Å². The van der Waals surface area contributed by atoms with Crippen LogP contribution in [0.15, 0.2) is 60.3 Å². The quantitative estimate of drug-likeness (QED) is 0.431. The molecule has 2 aromatic carbocycles. The van der Waals surface area contributed by atoms with Crippen molar-refractivity contribution >= 4 is 23.7 Å². The molecule has 31 heavy (non-hydrogen) atoms. The Bertz CT molecular complexity index is 1100. The van der Waals surface area contributed by atoms with Gasteiger partial charge in [-0.15, -0.1) is 0 Å². The van der Waals surface area contributed by atoms with Crippen molar-refractivity contribution in [1.82, 2.24) is 0 Å². The van der Waals surface area contributed by atoms with Crippen molar-refractivity contribution in [1.29, 1.82) is 0 Å². The minimum Gasteiger partial charge on any atom is -0.497 e. The maximum Gasteiger partial charge on any atom is 0.355 e. The molecule has 0 N–H and O–H groups in total. The maximum atomic E-state index is 12.6. The van der Waals surface area contributed by atoms with E-state index in [4.69, 9.17) is 14.2 Å².